The molecule has 0 amide bonds. The summed E-state index contributed by atoms with van der Waals surface area (Å²) in [6.07, 6.45) is -2.06. The van der Waals surface area contributed by atoms with Gasteiger partial charge in [-0.1, -0.05) is 0 Å². The van der Waals surface area contributed by atoms with Crippen LogP contribution < -0.4 is 10.6 Å². The Balaban J connectivity index is 2.33. The predicted molar refractivity (Wildman–Crippen MR) is 64.4 cm³/mol. The molecule has 2 N–H and O–H groups in total. The molecule has 1 saturated heterocycles. The van der Waals surface area contributed by atoms with Gasteiger partial charge in [0, 0.05) is 20.3 Å². The van der Waals surface area contributed by atoms with Crippen LogP contribution in [0.1, 0.15) is 13.2 Å². The Bertz CT molecular complexity index is 487. The quantitative estimate of drug-likeness (QED) is 0.701. The first-order chi connectivity index (χ1) is 8.41. The van der Waals surface area contributed by atoms with E-state index in [1.54, 1.807) is 32.0 Å². The molecule has 0 radical (unpaired) electrons. The van der Waals surface area contributed by atoms with Crippen LogP contribution in [0, 0.1) is 0 Å². The third-order valence-electron chi connectivity index (χ3n) is 3.02. The third kappa shape index (κ3) is 2.12. The molecule has 1 aliphatic rings. The highest BCUT2D eigenvalue weighted by molar-refractivity contribution is 5.33. The molecule has 0 spiro atoms. The van der Waals surface area contributed by atoms with Crippen molar-refractivity contribution in [3.63, 3.8) is 0 Å². The standard InChI is InChI=1S/C11H17N3O4/c1-6-8(15)9(16)10(18-6)14-5-4-7(13(2)3)12-11(14)17/h4-6,8-10,15-16H,1-3H3/t6-,8-,9-,10?/m1/s1. The van der Waals surface area contributed by atoms with Crippen molar-refractivity contribution < 1.29 is 14.9 Å². The van der Waals surface area contributed by atoms with Crippen LogP contribution in [0.2, 0.25) is 0 Å². The van der Waals surface area contributed by atoms with Crippen molar-refractivity contribution in [1.82, 2.24) is 9.55 Å². The highest BCUT2D eigenvalue weighted by atomic mass is 16.6. The maximum atomic E-state index is 11.8. The fourth-order valence-corrected chi connectivity index (χ4v) is 1.90. The Morgan fingerprint density at radius 1 is 1.39 bits per heavy atom. The number of hydrogen-bond acceptors (Lipinski definition) is 6. The summed E-state index contributed by atoms with van der Waals surface area (Å²) in [5, 5.41) is 19.4. The first kappa shape index (κ1) is 13.0. The van der Waals surface area contributed by atoms with Gasteiger partial charge in [-0.15, -0.1) is 0 Å². The molecule has 4 atom stereocenters. The Hall–Kier alpha value is -1.44. The number of rotatable bonds is 2. The number of aliphatic hydroxyl groups excluding tert-OH is 2. The minimum Gasteiger partial charge on any atom is -0.388 e. The maximum absolute atomic E-state index is 11.8. The van der Waals surface area contributed by atoms with Gasteiger partial charge in [0.05, 0.1) is 6.10 Å². The van der Waals surface area contributed by atoms with Crippen LogP contribution in [0.5, 0.6) is 0 Å². The molecule has 1 unspecified atom stereocenters. The van der Waals surface area contributed by atoms with E-state index in [0.29, 0.717) is 5.82 Å². The van der Waals surface area contributed by atoms with Crippen molar-refractivity contribution in [2.75, 3.05) is 19.0 Å². The molecule has 1 aliphatic heterocycles. The second kappa shape index (κ2) is 4.68. The van der Waals surface area contributed by atoms with Crippen LogP contribution in [0.15, 0.2) is 17.1 Å². The van der Waals surface area contributed by atoms with Gasteiger partial charge in [0.25, 0.3) is 0 Å². The van der Waals surface area contributed by atoms with Gasteiger partial charge in [0.1, 0.15) is 18.0 Å². The van der Waals surface area contributed by atoms with Crippen molar-refractivity contribution in [3.05, 3.63) is 22.7 Å². The van der Waals surface area contributed by atoms with Gasteiger partial charge in [0.15, 0.2) is 6.23 Å². The second-order valence-electron chi connectivity index (χ2n) is 4.58. The Labute approximate surface area is 104 Å². The molecule has 100 valence electrons. The topological polar surface area (TPSA) is 87.8 Å². The van der Waals surface area contributed by atoms with Gasteiger partial charge in [-0.3, -0.25) is 4.57 Å². The summed E-state index contributed by atoms with van der Waals surface area (Å²) in [6.45, 7) is 1.64. The lowest BCUT2D eigenvalue weighted by Gasteiger charge is -2.18. The van der Waals surface area contributed by atoms with E-state index in [4.69, 9.17) is 4.74 Å². The first-order valence-electron chi connectivity index (χ1n) is 5.70. The number of aromatic nitrogens is 2. The summed E-state index contributed by atoms with van der Waals surface area (Å²) in [5.74, 6) is 0.525. The van der Waals surface area contributed by atoms with E-state index in [-0.39, 0.29) is 0 Å². The minimum atomic E-state index is -1.13. The molecule has 1 fully saturated rings. The molecule has 7 nitrogen and oxygen atoms in total. The molecule has 1 aromatic rings. The lowest BCUT2D eigenvalue weighted by molar-refractivity contribution is -0.0350. The largest absolute Gasteiger partial charge is 0.388 e. The molecule has 0 saturated carbocycles. The summed E-state index contributed by atoms with van der Waals surface area (Å²) in [4.78, 5) is 17.4. The summed E-state index contributed by atoms with van der Waals surface area (Å²) in [6, 6.07) is 1.65. The maximum Gasteiger partial charge on any atom is 0.351 e. The molecular weight excluding hydrogens is 238 g/mol. The van der Waals surface area contributed by atoms with Crippen LogP contribution in [-0.2, 0) is 4.74 Å². The highest BCUT2D eigenvalue weighted by Crippen LogP contribution is 2.27. The van der Waals surface area contributed by atoms with Gasteiger partial charge >= 0.3 is 5.69 Å². The highest BCUT2D eigenvalue weighted by Gasteiger charge is 2.41. The van der Waals surface area contributed by atoms with Gasteiger partial charge in [-0.25, -0.2) is 4.79 Å². The monoisotopic (exact) mass is 255 g/mol. The van der Waals surface area contributed by atoms with Crippen molar-refractivity contribution in [2.24, 2.45) is 0 Å². The van der Waals surface area contributed by atoms with E-state index in [0.717, 1.165) is 0 Å². The lowest BCUT2D eigenvalue weighted by atomic mass is 10.1. The van der Waals surface area contributed by atoms with Crippen molar-refractivity contribution >= 4 is 5.82 Å². The Morgan fingerprint density at radius 3 is 2.50 bits per heavy atom. The molecule has 2 heterocycles. The van der Waals surface area contributed by atoms with Crippen LogP contribution >= 0.6 is 0 Å². The van der Waals surface area contributed by atoms with Crippen LogP contribution in [-0.4, -0.2) is 52.2 Å². The van der Waals surface area contributed by atoms with E-state index in [1.165, 1.54) is 10.8 Å². The molecular formula is C11H17N3O4. The van der Waals surface area contributed by atoms with Crippen molar-refractivity contribution in [1.29, 1.82) is 0 Å². The summed E-state index contributed by atoms with van der Waals surface area (Å²) < 4.78 is 6.55. The van der Waals surface area contributed by atoms with Crippen LogP contribution in [0.3, 0.4) is 0 Å². The number of ether oxygens (including phenoxy) is 1. The van der Waals surface area contributed by atoms with E-state index in [9.17, 15) is 15.0 Å². The predicted octanol–water partition coefficient (Wildman–Crippen LogP) is -1.05. The average molecular weight is 255 g/mol. The smallest absolute Gasteiger partial charge is 0.351 e. The zero-order chi connectivity index (χ0) is 13.4. The van der Waals surface area contributed by atoms with E-state index in [2.05, 4.69) is 4.98 Å². The van der Waals surface area contributed by atoms with Gasteiger partial charge in [0.2, 0.25) is 0 Å². The minimum absolute atomic E-state index is 0.522. The summed E-state index contributed by atoms with van der Waals surface area (Å²) >= 11 is 0. The molecule has 1 aromatic heterocycles. The van der Waals surface area contributed by atoms with Crippen molar-refractivity contribution in [3.8, 4) is 0 Å². The second-order valence-corrected chi connectivity index (χ2v) is 4.58. The zero-order valence-electron chi connectivity index (χ0n) is 10.5. The van der Waals surface area contributed by atoms with Gasteiger partial charge in [-0.2, -0.15) is 4.98 Å². The Morgan fingerprint density at radius 2 is 2.06 bits per heavy atom. The molecule has 0 bridgehead atoms. The fraction of sp³-hybridized carbons (Fsp3) is 0.636. The van der Waals surface area contributed by atoms with Crippen molar-refractivity contribution in [2.45, 2.75) is 31.5 Å². The zero-order valence-corrected chi connectivity index (χ0v) is 10.5. The number of aliphatic hydroxyl groups is 2. The molecule has 0 aliphatic carbocycles. The Kier molecular flexibility index (Phi) is 3.38. The summed E-state index contributed by atoms with van der Waals surface area (Å²) in [7, 11) is 3.55. The number of nitrogens with zero attached hydrogens (tertiary/aromatic N) is 3. The number of anilines is 1. The summed E-state index contributed by atoms with van der Waals surface area (Å²) in [5.41, 5.74) is -0.522. The lowest BCUT2D eigenvalue weighted by Crippen LogP contribution is -2.35. The van der Waals surface area contributed by atoms with E-state index >= 15 is 0 Å². The molecule has 18 heavy (non-hydrogen) atoms. The molecule has 0 aromatic carbocycles. The van der Waals surface area contributed by atoms with E-state index < -0.39 is 30.2 Å². The SMILES string of the molecule is C[C@H]1OC(n2ccc(N(C)C)nc2=O)[C@H](O)[C@@H]1O. The average Bonchev–Trinajstić information content (AvgIpc) is 2.57. The first-order valence-corrected chi connectivity index (χ1v) is 5.70. The van der Waals surface area contributed by atoms with Crippen LogP contribution in [0.25, 0.3) is 0 Å². The fourth-order valence-electron chi connectivity index (χ4n) is 1.90. The third-order valence-corrected chi connectivity index (χ3v) is 3.02. The molecule has 2 rings (SSSR count). The van der Waals surface area contributed by atoms with Gasteiger partial charge in [-0.05, 0) is 13.0 Å². The number of hydrogen-bond donors (Lipinski definition) is 2. The van der Waals surface area contributed by atoms with E-state index in [1.807, 2.05) is 0 Å². The van der Waals surface area contributed by atoms with Crippen LogP contribution in [0.4, 0.5) is 5.82 Å². The normalized spacial score (nSPS) is 31.6. The molecule has 7 heteroatoms. The van der Waals surface area contributed by atoms with Gasteiger partial charge < -0.3 is 19.8 Å².